The maximum Gasteiger partial charge on any atom is 0.252 e. The number of nitrogens with one attached hydrogen (secondary N) is 2. The molecular formula is C33H38F3N3O4S. The van der Waals surface area contributed by atoms with Gasteiger partial charge in [-0.3, -0.25) is 9.59 Å². The Morgan fingerprint density at radius 1 is 1.00 bits per heavy atom. The number of phenolic OH excluding ortho intramolecular Hbond substituents is 1. The number of carbonyl (C=O) groups excluding carboxylic acids is 2. The van der Waals surface area contributed by atoms with Gasteiger partial charge < -0.3 is 25.7 Å². The second-order valence-corrected chi connectivity index (χ2v) is 11.9. The summed E-state index contributed by atoms with van der Waals surface area (Å²) in [4.78, 5) is 27.8. The quantitative estimate of drug-likeness (QED) is 0.135. The normalized spacial score (nSPS) is 12.5. The van der Waals surface area contributed by atoms with E-state index in [1.54, 1.807) is 24.0 Å². The zero-order valence-electron chi connectivity index (χ0n) is 24.9. The second kappa shape index (κ2) is 16.2. The zero-order valence-corrected chi connectivity index (χ0v) is 25.8. The Kier molecular flexibility index (Phi) is 12.7. The lowest BCUT2D eigenvalue weighted by molar-refractivity contribution is -0.122. The summed E-state index contributed by atoms with van der Waals surface area (Å²) in [5, 5.41) is 27.1. The molecule has 3 aromatic carbocycles. The van der Waals surface area contributed by atoms with Crippen LogP contribution in [0, 0.1) is 30.3 Å². The first kappa shape index (κ1) is 34.5. The van der Waals surface area contributed by atoms with Gasteiger partial charge >= 0.3 is 0 Å². The van der Waals surface area contributed by atoms with Crippen LogP contribution in [0.4, 0.5) is 13.2 Å². The Labute approximate surface area is 260 Å². The molecule has 2 amide bonds. The third kappa shape index (κ3) is 9.78. The van der Waals surface area contributed by atoms with Crippen LogP contribution in [0.2, 0.25) is 0 Å². The molecule has 3 aromatic rings. The van der Waals surface area contributed by atoms with Crippen LogP contribution in [0.3, 0.4) is 0 Å². The lowest BCUT2D eigenvalue weighted by atomic mass is 9.98. The topological polar surface area (TPSA) is 102 Å². The van der Waals surface area contributed by atoms with Gasteiger partial charge in [0, 0.05) is 35.0 Å². The van der Waals surface area contributed by atoms with Crippen molar-refractivity contribution >= 4 is 23.6 Å². The molecule has 2 atom stereocenters. The first-order valence-electron chi connectivity index (χ1n) is 14.1. The van der Waals surface area contributed by atoms with E-state index in [0.29, 0.717) is 23.6 Å². The molecule has 0 saturated carbocycles. The number of thioether (sulfide) groups is 1. The average molecular weight is 630 g/mol. The zero-order chi connectivity index (χ0) is 32.4. The Morgan fingerprint density at radius 3 is 2.36 bits per heavy atom. The van der Waals surface area contributed by atoms with E-state index < -0.39 is 41.4 Å². The smallest absolute Gasteiger partial charge is 0.252 e. The molecule has 0 aliphatic rings. The van der Waals surface area contributed by atoms with E-state index in [1.807, 2.05) is 44.2 Å². The molecule has 3 rings (SSSR count). The standard InChI is InChI=1S/C33H38F3N3O4S/c1-20(2)18-44-19-39(17-31(41)37-16-24-14-27(35)28(36)15-26(24)34)22(4)32(42)29(13-23-9-6-5-7-10-23)38-33(43)25-11-8-12-30(40)21(25)3/h5-12,14-15,20,29,32,40,42H,4,13,16-19H2,1-3H3,(H,37,41)(H,38,43). The first-order valence-corrected chi connectivity index (χ1v) is 15.3. The maximum atomic E-state index is 14.1. The molecule has 11 heteroatoms. The highest BCUT2D eigenvalue weighted by Gasteiger charge is 2.29. The minimum atomic E-state index is -1.33. The summed E-state index contributed by atoms with van der Waals surface area (Å²) in [6.45, 7) is 9.12. The minimum Gasteiger partial charge on any atom is -0.508 e. The fourth-order valence-electron chi connectivity index (χ4n) is 4.40. The molecule has 236 valence electrons. The number of benzene rings is 3. The molecule has 0 aliphatic heterocycles. The Balaban J connectivity index is 1.81. The van der Waals surface area contributed by atoms with Crippen LogP contribution in [0.25, 0.3) is 0 Å². The van der Waals surface area contributed by atoms with Crippen molar-refractivity contribution < 1.29 is 33.0 Å². The SMILES string of the molecule is C=C(C(O)C(Cc1ccccc1)NC(=O)c1cccc(O)c1C)N(CSCC(C)C)CC(=O)NCc1cc(F)c(F)cc1F. The molecule has 0 saturated heterocycles. The van der Waals surface area contributed by atoms with Gasteiger partial charge in [-0.25, -0.2) is 13.2 Å². The molecule has 0 aromatic heterocycles. The molecule has 7 nitrogen and oxygen atoms in total. The first-order chi connectivity index (χ1) is 20.9. The van der Waals surface area contributed by atoms with Crippen molar-refractivity contribution in [2.45, 2.75) is 45.9 Å². The summed E-state index contributed by atoms with van der Waals surface area (Å²) in [6, 6.07) is 14.1. The molecule has 0 spiro atoms. The number of aliphatic hydroxyl groups excluding tert-OH is 1. The third-order valence-corrected chi connectivity index (χ3v) is 8.29. The summed E-state index contributed by atoms with van der Waals surface area (Å²) in [5.74, 6) is -3.27. The summed E-state index contributed by atoms with van der Waals surface area (Å²) in [6.07, 6.45) is -1.09. The largest absolute Gasteiger partial charge is 0.508 e. The van der Waals surface area contributed by atoms with Crippen LogP contribution in [0.5, 0.6) is 5.75 Å². The lowest BCUT2D eigenvalue weighted by Crippen LogP contribution is -2.49. The number of amides is 2. The molecule has 0 aliphatic carbocycles. The van der Waals surface area contributed by atoms with Crippen molar-refractivity contribution in [3.8, 4) is 5.75 Å². The number of aliphatic hydroxyl groups is 1. The molecule has 2 unspecified atom stereocenters. The molecule has 0 fully saturated rings. The molecule has 44 heavy (non-hydrogen) atoms. The van der Waals surface area contributed by atoms with E-state index in [2.05, 4.69) is 17.2 Å². The van der Waals surface area contributed by atoms with Crippen molar-refractivity contribution in [2.75, 3.05) is 18.2 Å². The fraction of sp³-hybridized carbons (Fsp3) is 0.333. The van der Waals surface area contributed by atoms with Gasteiger partial charge in [0.1, 0.15) is 17.7 Å². The van der Waals surface area contributed by atoms with Crippen LogP contribution in [0.15, 0.2) is 72.9 Å². The Morgan fingerprint density at radius 2 is 1.68 bits per heavy atom. The van der Waals surface area contributed by atoms with Gasteiger partial charge in [-0.2, -0.15) is 0 Å². The van der Waals surface area contributed by atoms with Gasteiger partial charge in [-0.1, -0.05) is 56.8 Å². The molecular weight excluding hydrogens is 591 g/mol. The predicted molar refractivity (Wildman–Crippen MR) is 166 cm³/mol. The van der Waals surface area contributed by atoms with E-state index in [0.717, 1.165) is 11.3 Å². The number of halogens is 3. The third-order valence-electron chi connectivity index (χ3n) is 6.89. The van der Waals surface area contributed by atoms with Gasteiger partial charge in [-0.15, -0.1) is 11.8 Å². The highest BCUT2D eigenvalue weighted by molar-refractivity contribution is 7.99. The molecule has 0 bridgehead atoms. The number of hydrogen-bond acceptors (Lipinski definition) is 6. The van der Waals surface area contributed by atoms with E-state index in [4.69, 9.17) is 0 Å². The maximum absolute atomic E-state index is 14.1. The number of nitrogens with zero attached hydrogens (tertiary/aromatic N) is 1. The van der Waals surface area contributed by atoms with Gasteiger partial charge in [0.05, 0.1) is 18.5 Å². The highest BCUT2D eigenvalue weighted by atomic mass is 32.2. The summed E-state index contributed by atoms with van der Waals surface area (Å²) >= 11 is 1.52. The number of carbonyl (C=O) groups is 2. The van der Waals surface area contributed by atoms with Gasteiger partial charge in [0.25, 0.3) is 5.91 Å². The van der Waals surface area contributed by atoms with Crippen LogP contribution < -0.4 is 10.6 Å². The lowest BCUT2D eigenvalue weighted by Gasteiger charge is -2.33. The average Bonchev–Trinajstić information content (AvgIpc) is 2.98. The van der Waals surface area contributed by atoms with E-state index >= 15 is 0 Å². The number of rotatable bonds is 15. The summed E-state index contributed by atoms with van der Waals surface area (Å²) < 4.78 is 41.0. The van der Waals surface area contributed by atoms with Crippen molar-refractivity contribution in [3.63, 3.8) is 0 Å². The second-order valence-electron chi connectivity index (χ2n) is 10.9. The van der Waals surface area contributed by atoms with Crippen molar-refractivity contribution in [3.05, 3.63) is 113 Å². The Bertz CT molecular complexity index is 1460. The van der Waals surface area contributed by atoms with Crippen LogP contribution >= 0.6 is 11.8 Å². The van der Waals surface area contributed by atoms with Gasteiger partial charge in [0.2, 0.25) is 5.91 Å². The van der Waals surface area contributed by atoms with Crippen molar-refractivity contribution in [1.82, 2.24) is 15.5 Å². The Hall–Kier alpha value is -3.96. The highest BCUT2D eigenvalue weighted by Crippen LogP contribution is 2.22. The fourth-order valence-corrected chi connectivity index (χ4v) is 5.45. The van der Waals surface area contributed by atoms with Crippen LogP contribution in [-0.4, -0.2) is 57.2 Å². The van der Waals surface area contributed by atoms with E-state index in [-0.39, 0.29) is 48.0 Å². The van der Waals surface area contributed by atoms with Crippen LogP contribution in [-0.2, 0) is 17.8 Å². The molecule has 0 heterocycles. The number of hydrogen-bond donors (Lipinski definition) is 4. The predicted octanol–water partition coefficient (Wildman–Crippen LogP) is 5.30. The summed E-state index contributed by atoms with van der Waals surface area (Å²) in [5.41, 5.74) is 1.42. The van der Waals surface area contributed by atoms with Gasteiger partial charge in [-0.05, 0) is 48.8 Å². The van der Waals surface area contributed by atoms with Crippen LogP contribution in [0.1, 0.15) is 40.9 Å². The van der Waals surface area contributed by atoms with Crippen molar-refractivity contribution in [2.24, 2.45) is 5.92 Å². The summed E-state index contributed by atoms with van der Waals surface area (Å²) in [7, 11) is 0. The van der Waals surface area contributed by atoms with Crippen molar-refractivity contribution in [1.29, 1.82) is 0 Å². The molecule has 0 radical (unpaired) electrons. The monoisotopic (exact) mass is 629 g/mol. The molecule has 4 N–H and O–H groups in total. The number of phenols is 1. The van der Waals surface area contributed by atoms with E-state index in [9.17, 15) is 33.0 Å². The van der Waals surface area contributed by atoms with E-state index in [1.165, 1.54) is 17.8 Å². The minimum absolute atomic E-state index is 0.0372. The number of aromatic hydroxyl groups is 1. The van der Waals surface area contributed by atoms with Gasteiger partial charge in [0.15, 0.2) is 11.6 Å².